The van der Waals surface area contributed by atoms with Gasteiger partial charge in [0.1, 0.15) is 0 Å². The zero-order valence-electron chi connectivity index (χ0n) is 17.1. The standard InChI is InChI=1S/C24H27N3O2/c1-18-15-19(2)22-21(16-18)27(24(29)23(22)28)17-26-13-11-25(12-14-26)10-6-9-20-7-4-3-5-8-20/h3-9,15-16H,10-14,17H2,1-2H3. The Morgan fingerprint density at radius 1 is 0.931 bits per heavy atom. The van der Waals surface area contributed by atoms with Gasteiger partial charge in [-0.25, -0.2) is 0 Å². The van der Waals surface area contributed by atoms with Crippen LogP contribution in [0.15, 0.2) is 48.5 Å². The van der Waals surface area contributed by atoms with Gasteiger partial charge in [-0.05, 0) is 36.6 Å². The van der Waals surface area contributed by atoms with Crippen LogP contribution in [0.25, 0.3) is 6.08 Å². The van der Waals surface area contributed by atoms with Crippen molar-refractivity contribution in [2.75, 3.05) is 44.3 Å². The van der Waals surface area contributed by atoms with E-state index < -0.39 is 5.91 Å². The highest BCUT2D eigenvalue weighted by Crippen LogP contribution is 2.32. The van der Waals surface area contributed by atoms with Gasteiger partial charge in [0, 0.05) is 32.7 Å². The fourth-order valence-electron chi connectivity index (χ4n) is 4.15. The molecule has 0 unspecified atom stereocenters. The number of benzene rings is 2. The summed E-state index contributed by atoms with van der Waals surface area (Å²) in [5, 5.41) is 0. The van der Waals surface area contributed by atoms with Gasteiger partial charge in [-0.15, -0.1) is 0 Å². The quantitative estimate of drug-likeness (QED) is 0.737. The summed E-state index contributed by atoms with van der Waals surface area (Å²) in [4.78, 5) is 31.3. The molecule has 0 bridgehead atoms. The van der Waals surface area contributed by atoms with E-state index >= 15 is 0 Å². The smallest absolute Gasteiger partial charge is 0.297 e. The summed E-state index contributed by atoms with van der Waals surface area (Å²) < 4.78 is 0. The number of carbonyl (C=O) groups is 2. The van der Waals surface area contributed by atoms with E-state index in [-0.39, 0.29) is 5.78 Å². The molecule has 2 heterocycles. The predicted molar refractivity (Wildman–Crippen MR) is 116 cm³/mol. The topological polar surface area (TPSA) is 43.9 Å². The number of ketones is 1. The van der Waals surface area contributed by atoms with Crippen molar-refractivity contribution in [3.05, 3.63) is 70.8 Å². The lowest BCUT2D eigenvalue weighted by atomic mass is 10.0. The Labute approximate surface area is 172 Å². The van der Waals surface area contributed by atoms with Gasteiger partial charge in [-0.2, -0.15) is 0 Å². The summed E-state index contributed by atoms with van der Waals surface area (Å²) in [6.07, 6.45) is 4.36. The van der Waals surface area contributed by atoms with Crippen LogP contribution in [-0.4, -0.2) is 60.9 Å². The molecule has 1 fully saturated rings. The Bertz CT molecular complexity index is 944. The highest BCUT2D eigenvalue weighted by molar-refractivity contribution is 6.52. The normalized spacial score (nSPS) is 18.1. The van der Waals surface area contributed by atoms with Crippen molar-refractivity contribution in [3.8, 4) is 0 Å². The average molecular weight is 389 g/mol. The number of amides is 1. The molecule has 1 saturated heterocycles. The van der Waals surface area contributed by atoms with Crippen molar-refractivity contribution in [3.63, 3.8) is 0 Å². The maximum atomic E-state index is 12.6. The van der Waals surface area contributed by atoms with Crippen LogP contribution in [-0.2, 0) is 4.79 Å². The van der Waals surface area contributed by atoms with Gasteiger partial charge in [-0.1, -0.05) is 48.6 Å². The monoisotopic (exact) mass is 389 g/mol. The number of hydrogen-bond donors (Lipinski definition) is 0. The molecule has 0 radical (unpaired) electrons. The Morgan fingerprint density at radius 3 is 2.34 bits per heavy atom. The van der Waals surface area contributed by atoms with E-state index in [1.807, 2.05) is 44.2 Å². The minimum Gasteiger partial charge on any atom is -0.297 e. The Balaban J connectivity index is 1.34. The van der Waals surface area contributed by atoms with Gasteiger partial charge in [-0.3, -0.25) is 24.3 Å². The highest BCUT2D eigenvalue weighted by atomic mass is 16.2. The highest BCUT2D eigenvalue weighted by Gasteiger charge is 2.38. The fraction of sp³-hybridized carbons (Fsp3) is 0.333. The van der Waals surface area contributed by atoms with Crippen LogP contribution in [0.4, 0.5) is 5.69 Å². The second-order valence-corrected chi connectivity index (χ2v) is 7.91. The first-order chi connectivity index (χ1) is 14.0. The summed E-state index contributed by atoms with van der Waals surface area (Å²) in [5.41, 5.74) is 4.52. The molecule has 1 amide bonds. The van der Waals surface area contributed by atoms with Crippen molar-refractivity contribution >= 4 is 23.5 Å². The maximum absolute atomic E-state index is 12.6. The number of anilines is 1. The summed E-state index contributed by atoms with van der Waals surface area (Å²) in [7, 11) is 0. The first-order valence-electron chi connectivity index (χ1n) is 10.2. The van der Waals surface area contributed by atoms with Gasteiger partial charge in [0.05, 0.1) is 17.9 Å². The number of rotatable bonds is 5. The van der Waals surface area contributed by atoms with E-state index in [0.29, 0.717) is 12.2 Å². The number of carbonyl (C=O) groups excluding carboxylic acids is 2. The molecule has 5 nitrogen and oxygen atoms in total. The van der Waals surface area contributed by atoms with Gasteiger partial charge >= 0.3 is 5.91 Å². The second-order valence-electron chi connectivity index (χ2n) is 7.91. The molecule has 2 aromatic carbocycles. The second kappa shape index (κ2) is 8.31. The van der Waals surface area contributed by atoms with Crippen molar-refractivity contribution < 1.29 is 9.59 Å². The molecule has 2 aliphatic heterocycles. The number of piperazine rings is 1. The van der Waals surface area contributed by atoms with Crippen LogP contribution in [0.3, 0.4) is 0 Å². The zero-order chi connectivity index (χ0) is 20.4. The molecule has 150 valence electrons. The van der Waals surface area contributed by atoms with Crippen molar-refractivity contribution in [2.45, 2.75) is 13.8 Å². The summed E-state index contributed by atoms with van der Waals surface area (Å²) in [6.45, 7) is 8.99. The number of nitrogens with zero attached hydrogens (tertiary/aromatic N) is 3. The van der Waals surface area contributed by atoms with Crippen LogP contribution in [0.5, 0.6) is 0 Å². The zero-order valence-corrected chi connectivity index (χ0v) is 17.1. The lowest BCUT2D eigenvalue weighted by molar-refractivity contribution is -0.114. The molecular weight excluding hydrogens is 362 g/mol. The van der Waals surface area contributed by atoms with Crippen LogP contribution in [0, 0.1) is 13.8 Å². The molecule has 29 heavy (non-hydrogen) atoms. The van der Waals surface area contributed by atoms with E-state index in [4.69, 9.17) is 0 Å². The van der Waals surface area contributed by atoms with E-state index in [9.17, 15) is 9.59 Å². The van der Waals surface area contributed by atoms with Crippen molar-refractivity contribution in [1.82, 2.24) is 9.80 Å². The van der Waals surface area contributed by atoms with Crippen LogP contribution in [0.1, 0.15) is 27.0 Å². The van der Waals surface area contributed by atoms with Crippen LogP contribution >= 0.6 is 0 Å². The largest absolute Gasteiger partial charge is 0.300 e. The fourth-order valence-corrected chi connectivity index (χ4v) is 4.15. The van der Waals surface area contributed by atoms with Gasteiger partial charge < -0.3 is 0 Å². The molecule has 0 aliphatic carbocycles. The molecule has 0 N–H and O–H groups in total. The molecule has 0 spiro atoms. The third kappa shape index (κ3) is 4.16. The van der Waals surface area contributed by atoms with Crippen molar-refractivity contribution in [2.24, 2.45) is 0 Å². The minimum absolute atomic E-state index is 0.373. The van der Waals surface area contributed by atoms with E-state index in [1.165, 1.54) is 5.56 Å². The Hall–Kier alpha value is -2.76. The van der Waals surface area contributed by atoms with Gasteiger partial charge in [0.15, 0.2) is 0 Å². The molecule has 5 heteroatoms. The average Bonchev–Trinajstić information content (AvgIpc) is 2.95. The maximum Gasteiger partial charge on any atom is 0.300 e. The molecule has 4 rings (SSSR count). The lowest BCUT2D eigenvalue weighted by Gasteiger charge is -2.36. The van der Waals surface area contributed by atoms with E-state index in [0.717, 1.165) is 49.5 Å². The molecule has 0 atom stereocenters. The molecule has 0 aromatic heterocycles. The molecular formula is C24H27N3O2. The third-order valence-corrected chi connectivity index (χ3v) is 5.70. The van der Waals surface area contributed by atoms with E-state index in [1.54, 1.807) is 4.90 Å². The summed E-state index contributed by atoms with van der Waals surface area (Å²) >= 11 is 0. The lowest BCUT2D eigenvalue weighted by Crippen LogP contribution is -2.50. The van der Waals surface area contributed by atoms with E-state index in [2.05, 4.69) is 34.1 Å². The Morgan fingerprint density at radius 2 is 1.62 bits per heavy atom. The van der Waals surface area contributed by atoms with Crippen molar-refractivity contribution in [1.29, 1.82) is 0 Å². The number of Topliss-reactive ketones (excluding diaryl/α,β-unsaturated/α-hetero) is 1. The molecule has 2 aromatic rings. The first-order valence-corrected chi connectivity index (χ1v) is 10.2. The minimum atomic E-state index is -0.401. The number of hydrogen-bond acceptors (Lipinski definition) is 4. The summed E-state index contributed by atoms with van der Waals surface area (Å²) in [6, 6.07) is 14.2. The number of aryl methyl sites for hydroxylation is 2. The Kier molecular flexibility index (Phi) is 5.60. The van der Waals surface area contributed by atoms with Crippen LogP contribution < -0.4 is 4.90 Å². The summed E-state index contributed by atoms with van der Waals surface area (Å²) in [5.74, 6) is -0.774. The number of fused-ring (bicyclic) bond motifs is 1. The SMILES string of the molecule is Cc1cc(C)c2c(c1)N(CN1CCN(CC=Cc3ccccc3)CC1)C(=O)C2=O. The molecule has 2 aliphatic rings. The molecule has 0 saturated carbocycles. The van der Waals surface area contributed by atoms with Gasteiger partial charge in [0.25, 0.3) is 5.78 Å². The van der Waals surface area contributed by atoms with Crippen LogP contribution in [0.2, 0.25) is 0 Å². The predicted octanol–water partition coefficient (Wildman–Crippen LogP) is 3.12. The first kappa shape index (κ1) is 19.6. The van der Waals surface area contributed by atoms with Gasteiger partial charge in [0.2, 0.25) is 0 Å². The third-order valence-electron chi connectivity index (χ3n) is 5.70.